The van der Waals surface area contributed by atoms with Gasteiger partial charge in [-0.3, -0.25) is 0 Å². The van der Waals surface area contributed by atoms with Gasteiger partial charge < -0.3 is 0 Å². The van der Waals surface area contributed by atoms with Gasteiger partial charge in [-0.25, -0.2) is 14.8 Å². The van der Waals surface area contributed by atoms with Gasteiger partial charge in [0.15, 0.2) is 11.6 Å². The quantitative estimate of drug-likeness (QED) is 0.351. The predicted octanol–water partition coefficient (Wildman–Crippen LogP) is 3.04. The number of hydrogen-bond donors (Lipinski definition) is 3. The molecule has 7 nitrogen and oxygen atoms in total. The van der Waals surface area contributed by atoms with Crippen LogP contribution in [-0.4, -0.2) is 46.9 Å². The van der Waals surface area contributed by atoms with Gasteiger partial charge in [0.1, 0.15) is 5.82 Å². The minimum Gasteiger partial charge on any atom is -0.245 e. The van der Waals surface area contributed by atoms with E-state index in [4.69, 9.17) is 0 Å². The molecular formula is C21H23N7S2. The molecule has 0 radical (unpaired) electrons. The minimum atomic E-state index is 0.683. The fourth-order valence-electron chi connectivity index (χ4n) is 3.38. The molecule has 0 amide bonds. The molecule has 0 spiro atoms. The third-order valence-corrected chi connectivity index (χ3v) is 5.28. The molecule has 30 heavy (non-hydrogen) atoms. The van der Waals surface area contributed by atoms with Gasteiger partial charge in [-0.1, -0.05) is 48.5 Å². The molecule has 1 N–H and O–H groups in total. The Kier molecular flexibility index (Phi) is 6.81. The van der Waals surface area contributed by atoms with Gasteiger partial charge in [0.05, 0.1) is 6.54 Å². The Morgan fingerprint density at radius 2 is 1.67 bits per heavy atom. The molecule has 0 saturated carbocycles. The van der Waals surface area contributed by atoms with Crippen LogP contribution in [0.15, 0.2) is 48.5 Å². The van der Waals surface area contributed by atoms with Crippen molar-refractivity contribution in [3.05, 3.63) is 76.9 Å². The van der Waals surface area contributed by atoms with E-state index in [9.17, 15) is 0 Å². The molecule has 2 heterocycles. The average Bonchev–Trinajstić information content (AvgIpc) is 3.41. The van der Waals surface area contributed by atoms with Crippen molar-refractivity contribution < 1.29 is 0 Å². The molecule has 0 fully saturated rings. The number of aromatic nitrogens is 7. The Hall–Kier alpha value is -2.65. The number of aromatic amines is 1. The van der Waals surface area contributed by atoms with Crippen LogP contribution in [0.5, 0.6) is 0 Å². The van der Waals surface area contributed by atoms with Crippen molar-refractivity contribution in [1.29, 1.82) is 0 Å². The van der Waals surface area contributed by atoms with Gasteiger partial charge in [0, 0.05) is 18.4 Å². The van der Waals surface area contributed by atoms with E-state index < -0.39 is 0 Å². The van der Waals surface area contributed by atoms with E-state index in [1.807, 2.05) is 22.9 Å². The number of rotatable bonds is 9. The fraction of sp³-hybridized carbons (Fsp3) is 0.286. The van der Waals surface area contributed by atoms with E-state index in [2.05, 4.69) is 86.3 Å². The Bertz CT molecular complexity index is 1080. The van der Waals surface area contributed by atoms with Crippen LogP contribution < -0.4 is 0 Å². The second-order valence-corrected chi connectivity index (χ2v) is 7.84. The minimum absolute atomic E-state index is 0.683. The topological polar surface area (TPSA) is 85.2 Å². The van der Waals surface area contributed by atoms with Crippen LogP contribution >= 0.6 is 25.3 Å². The first-order chi connectivity index (χ1) is 14.8. The zero-order valence-corrected chi connectivity index (χ0v) is 18.2. The summed E-state index contributed by atoms with van der Waals surface area (Å²) in [5, 5.41) is 18.9. The summed E-state index contributed by atoms with van der Waals surface area (Å²) in [6.45, 7) is 0.698. The van der Waals surface area contributed by atoms with Gasteiger partial charge >= 0.3 is 0 Å². The van der Waals surface area contributed by atoms with E-state index >= 15 is 0 Å². The van der Waals surface area contributed by atoms with Gasteiger partial charge in [0.25, 0.3) is 0 Å². The molecule has 0 unspecified atom stereocenters. The molecule has 0 saturated heterocycles. The normalized spacial score (nSPS) is 11.1. The van der Waals surface area contributed by atoms with Crippen molar-refractivity contribution >= 4 is 25.3 Å². The lowest BCUT2D eigenvalue weighted by atomic mass is 9.98. The van der Waals surface area contributed by atoms with Gasteiger partial charge in [-0.05, 0) is 45.0 Å². The number of H-pyrrole nitrogens is 1. The van der Waals surface area contributed by atoms with E-state index in [1.54, 1.807) is 0 Å². The lowest BCUT2D eigenvalue weighted by Gasteiger charge is -2.09. The molecule has 2 aromatic carbocycles. The number of nitrogens with one attached hydrogen (secondary N) is 1. The van der Waals surface area contributed by atoms with Crippen molar-refractivity contribution in [2.45, 2.75) is 25.8 Å². The highest BCUT2D eigenvalue weighted by Crippen LogP contribution is 2.22. The number of thiol groups is 2. The van der Waals surface area contributed by atoms with Gasteiger partial charge in [-0.15, -0.1) is 5.10 Å². The van der Waals surface area contributed by atoms with Crippen molar-refractivity contribution in [2.24, 2.45) is 0 Å². The van der Waals surface area contributed by atoms with Crippen molar-refractivity contribution in [2.75, 3.05) is 11.5 Å². The van der Waals surface area contributed by atoms with E-state index in [1.165, 1.54) is 16.7 Å². The number of aryl methyl sites for hydroxylation is 2. The average molecular weight is 438 g/mol. The van der Waals surface area contributed by atoms with E-state index in [-0.39, 0.29) is 0 Å². The Morgan fingerprint density at radius 1 is 0.900 bits per heavy atom. The first-order valence-corrected chi connectivity index (χ1v) is 11.1. The van der Waals surface area contributed by atoms with Gasteiger partial charge in [0.2, 0.25) is 0 Å². The molecule has 0 aliphatic heterocycles. The molecule has 4 rings (SSSR count). The summed E-state index contributed by atoms with van der Waals surface area (Å²) in [6, 6.07) is 16.8. The summed E-state index contributed by atoms with van der Waals surface area (Å²) >= 11 is 8.64. The van der Waals surface area contributed by atoms with Crippen molar-refractivity contribution in [3.8, 4) is 11.4 Å². The predicted molar refractivity (Wildman–Crippen MR) is 123 cm³/mol. The SMILES string of the molecule is SCCc1nc(CCS)n(Cc2ccc(Cc3ccccc3-c3nnn[nH]3)cc2)n1. The van der Waals surface area contributed by atoms with E-state index in [0.29, 0.717) is 12.4 Å². The van der Waals surface area contributed by atoms with Crippen molar-refractivity contribution in [1.82, 2.24) is 35.4 Å². The fourth-order valence-corrected chi connectivity index (χ4v) is 3.78. The lowest BCUT2D eigenvalue weighted by molar-refractivity contribution is 0.638. The largest absolute Gasteiger partial charge is 0.245 e. The molecule has 0 aliphatic carbocycles. The smallest absolute Gasteiger partial charge is 0.179 e. The standard InChI is InChI=1S/C21H23N7S2/c29-11-9-19-22-20(10-12-30)28(25-19)14-16-7-5-15(6-8-16)13-17-3-1-2-4-18(17)21-23-26-27-24-21/h1-8,29-30H,9-14H2,(H,23,24,26,27). The molecular weight excluding hydrogens is 414 g/mol. The summed E-state index contributed by atoms with van der Waals surface area (Å²) in [5.74, 6) is 3.99. The van der Waals surface area contributed by atoms with Crippen LogP contribution in [0.25, 0.3) is 11.4 Å². The van der Waals surface area contributed by atoms with E-state index in [0.717, 1.165) is 48.0 Å². The maximum Gasteiger partial charge on any atom is 0.179 e. The Morgan fingerprint density at radius 3 is 2.40 bits per heavy atom. The molecule has 0 bridgehead atoms. The van der Waals surface area contributed by atoms with Crippen LogP contribution in [0, 0.1) is 0 Å². The van der Waals surface area contributed by atoms with Crippen LogP contribution in [0.3, 0.4) is 0 Å². The second-order valence-electron chi connectivity index (χ2n) is 6.95. The van der Waals surface area contributed by atoms with Gasteiger partial charge in [-0.2, -0.15) is 30.4 Å². The van der Waals surface area contributed by atoms with Crippen LogP contribution in [0.2, 0.25) is 0 Å². The van der Waals surface area contributed by atoms with Crippen LogP contribution in [-0.2, 0) is 25.8 Å². The molecule has 154 valence electrons. The zero-order valence-electron chi connectivity index (χ0n) is 16.4. The summed E-state index contributed by atoms with van der Waals surface area (Å²) in [4.78, 5) is 4.63. The molecule has 0 atom stereocenters. The molecule has 9 heteroatoms. The molecule has 4 aromatic rings. The Balaban J connectivity index is 1.50. The third-order valence-electron chi connectivity index (χ3n) is 4.83. The summed E-state index contributed by atoms with van der Waals surface area (Å²) in [7, 11) is 0. The van der Waals surface area contributed by atoms with Crippen molar-refractivity contribution in [3.63, 3.8) is 0 Å². The first kappa shape index (κ1) is 20.6. The number of tetrazole rings is 1. The molecule has 2 aromatic heterocycles. The lowest BCUT2D eigenvalue weighted by Crippen LogP contribution is -2.08. The third kappa shape index (κ3) is 4.91. The Labute approximate surface area is 186 Å². The maximum absolute atomic E-state index is 4.64. The highest BCUT2D eigenvalue weighted by Gasteiger charge is 2.11. The number of hydrogen-bond acceptors (Lipinski definition) is 7. The maximum atomic E-state index is 4.64. The number of nitrogens with zero attached hydrogens (tertiary/aromatic N) is 6. The zero-order chi connectivity index (χ0) is 20.8. The highest BCUT2D eigenvalue weighted by molar-refractivity contribution is 7.80. The summed E-state index contributed by atoms with van der Waals surface area (Å²) < 4.78 is 1.98. The summed E-state index contributed by atoms with van der Waals surface area (Å²) in [5.41, 5.74) is 4.60. The highest BCUT2D eigenvalue weighted by atomic mass is 32.1. The monoisotopic (exact) mass is 437 g/mol. The van der Waals surface area contributed by atoms with Crippen LogP contribution in [0.1, 0.15) is 28.3 Å². The summed E-state index contributed by atoms with van der Waals surface area (Å²) in [6.07, 6.45) is 2.38. The first-order valence-electron chi connectivity index (χ1n) is 9.81. The second kappa shape index (κ2) is 9.90. The molecule has 0 aliphatic rings. The number of benzene rings is 2. The van der Waals surface area contributed by atoms with Crippen LogP contribution in [0.4, 0.5) is 0 Å².